The van der Waals surface area contributed by atoms with Gasteiger partial charge in [0.2, 0.25) is 0 Å². The van der Waals surface area contributed by atoms with Crippen molar-refractivity contribution in [1.82, 2.24) is 10.3 Å². The molecule has 0 bridgehead atoms. The first-order chi connectivity index (χ1) is 10.3. The lowest BCUT2D eigenvalue weighted by Crippen LogP contribution is -2.24. The van der Waals surface area contributed by atoms with E-state index in [0.717, 1.165) is 0 Å². The summed E-state index contributed by atoms with van der Waals surface area (Å²) in [5.41, 5.74) is 1.32. The van der Waals surface area contributed by atoms with E-state index in [2.05, 4.69) is 15.6 Å². The molecule has 4 heteroatoms. The van der Waals surface area contributed by atoms with Gasteiger partial charge in [-0.05, 0) is 23.8 Å². The standard InChI is InChI=1S/C14H14FN3/c15-12-3-1-2-4-14(12)18-11-7-10-8-16-6-5-13(10)17-9-11/h1-4,7,9,16,18H,5-6,8H2/i6D2,8D2. The lowest BCUT2D eigenvalue weighted by Gasteiger charge is -2.17. The van der Waals surface area contributed by atoms with Gasteiger partial charge in [0.1, 0.15) is 5.82 Å². The molecule has 1 aliphatic heterocycles. The summed E-state index contributed by atoms with van der Waals surface area (Å²) in [6, 6.07) is 7.68. The number of nitrogens with zero attached hydrogens (tertiary/aromatic N) is 1. The van der Waals surface area contributed by atoms with Crippen molar-refractivity contribution in [3.8, 4) is 0 Å². The molecule has 0 spiro atoms. The molecule has 0 fully saturated rings. The number of halogens is 1. The molecule has 1 aliphatic rings. The van der Waals surface area contributed by atoms with Gasteiger partial charge in [-0.2, -0.15) is 0 Å². The number of nitrogens with one attached hydrogen (secondary N) is 2. The van der Waals surface area contributed by atoms with Crippen LogP contribution in [0.1, 0.15) is 16.7 Å². The number of hydrogen-bond acceptors (Lipinski definition) is 3. The minimum atomic E-state index is -2.04. The average Bonchev–Trinajstić information content (AvgIpc) is 2.40. The molecule has 0 unspecified atom stereocenters. The zero-order valence-corrected chi connectivity index (χ0v) is 9.50. The first kappa shape index (κ1) is 7.48. The molecule has 2 heterocycles. The van der Waals surface area contributed by atoms with Gasteiger partial charge in [-0.3, -0.25) is 4.98 Å². The maximum atomic E-state index is 13.6. The molecule has 0 saturated heterocycles. The molecular formula is C14H14FN3. The minimum Gasteiger partial charge on any atom is -0.352 e. The molecule has 0 aliphatic carbocycles. The third kappa shape index (κ3) is 2.19. The Morgan fingerprint density at radius 3 is 3.17 bits per heavy atom. The maximum absolute atomic E-state index is 13.6. The Morgan fingerprint density at radius 2 is 2.28 bits per heavy atom. The molecule has 0 radical (unpaired) electrons. The van der Waals surface area contributed by atoms with E-state index in [1.165, 1.54) is 18.3 Å². The van der Waals surface area contributed by atoms with Crippen LogP contribution in [0.15, 0.2) is 36.5 Å². The van der Waals surface area contributed by atoms with Crippen LogP contribution in [0.25, 0.3) is 0 Å². The number of benzene rings is 1. The minimum absolute atomic E-state index is 0.0260. The largest absolute Gasteiger partial charge is 0.352 e. The SMILES string of the molecule is [2H]C1([2H])Cc2ncc(Nc3ccccc3F)cc2C([2H])([2H])N1. The Kier molecular flexibility index (Phi) is 1.97. The van der Waals surface area contributed by atoms with Crippen LogP contribution in [0, 0.1) is 5.82 Å². The van der Waals surface area contributed by atoms with Crippen LogP contribution in [0.3, 0.4) is 0 Å². The predicted octanol–water partition coefficient (Wildman–Crippen LogP) is 2.61. The zero-order chi connectivity index (χ0) is 16.0. The van der Waals surface area contributed by atoms with Gasteiger partial charge < -0.3 is 10.6 Å². The Balaban J connectivity index is 1.96. The van der Waals surface area contributed by atoms with E-state index >= 15 is 0 Å². The highest BCUT2D eigenvalue weighted by Crippen LogP contribution is 2.21. The number of pyridine rings is 1. The second kappa shape index (κ2) is 4.74. The first-order valence-corrected chi connectivity index (χ1v) is 5.57. The maximum Gasteiger partial charge on any atom is 0.146 e. The summed E-state index contributed by atoms with van der Waals surface area (Å²) in [6.07, 6.45) is 1.42. The molecule has 3 rings (SSSR count). The molecule has 0 saturated carbocycles. The van der Waals surface area contributed by atoms with Gasteiger partial charge in [-0.25, -0.2) is 4.39 Å². The van der Waals surface area contributed by atoms with E-state index in [1.807, 2.05) is 0 Å². The Hall–Kier alpha value is -1.94. The van der Waals surface area contributed by atoms with Crippen LogP contribution < -0.4 is 10.6 Å². The summed E-state index contributed by atoms with van der Waals surface area (Å²) in [5, 5.41) is 5.17. The van der Waals surface area contributed by atoms with E-state index in [0.29, 0.717) is 11.4 Å². The van der Waals surface area contributed by atoms with Gasteiger partial charge >= 0.3 is 0 Å². The van der Waals surface area contributed by atoms with Crippen molar-refractivity contribution in [2.45, 2.75) is 12.9 Å². The fraction of sp³-hybridized carbons (Fsp3) is 0.214. The van der Waals surface area contributed by atoms with Gasteiger partial charge in [0.05, 0.1) is 17.6 Å². The van der Waals surface area contributed by atoms with E-state index in [-0.39, 0.29) is 17.7 Å². The normalized spacial score (nSPS) is 22.9. The summed E-state index contributed by atoms with van der Waals surface area (Å²) in [5.74, 6) is -0.419. The molecule has 1 aromatic carbocycles. The van der Waals surface area contributed by atoms with Gasteiger partial charge in [0, 0.05) is 30.6 Å². The molecule has 18 heavy (non-hydrogen) atoms. The average molecular weight is 247 g/mol. The van der Waals surface area contributed by atoms with E-state index in [9.17, 15) is 4.39 Å². The molecule has 3 nitrogen and oxygen atoms in total. The Morgan fingerprint density at radius 1 is 1.39 bits per heavy atom. The first-order valence-electron chi connectivity index (χ1n) is 7.57. The predicted molar refractivity (Wildman–Crippen MR) is 69.3 cm³/mol. The quantitative estimate of drug-likeness (QED) is 0.856. The van der Waals surface area contributed by atoms with E-state index in [1.54, 1.807) is 18.2 Å². The molecule has 0 atom stereocenters. The third-order valence-corrected chi connectivity index (χ3v) is 2.66. The van der Waals surface area contributed by atoms with Crippen LogP contribution in [-0.2, 0) is 12.9 Å². The van der Waals surface area contributed by atoms with Gasteiger partial charge in [-0.1, -0.05) is 12.1 Å². The number of hydrogen-bond donors (Lipinski definition) is 2. The fourth-order valence-electron chi connectivity index (χ4n) is 1.77. The molecule has 2 aromatic rings. The Bertz CT molecular complexity index is 721. The number of aryl methyl sites for hydroxylation is 1. The summed E-state index contributed by atoms with van der Waals surface area (Å²) in [6.45, 7) is -3.90. The second-order valence-corrected chi connectivity index (χ2v) is 3.93. The molecule has 0 amide bonds. The van der Waals surface area contributed by atoms with Crippen molar-refractivity contribution in [2.24, 2.45) is 0 Å². The van der Waals surface area contributed by atoms with Crippen molar-refractivity contribution in [1.29, 1.82) is 0 Å². The van der Waals surface area contributed by atoms with Gasteiger partial charge in [-0.15, -0.1) is 0 Å². The van der Waals surface area contributed by atoms with Crippen molar-refractivity contribution in [3.63, 3.8) is 0 Å². The Labute approximate surface area is 111 Å². The van der Waals surface area contributed by atoms with Gasteiger partial charge in [0.25, 0.3) is 0 Å². The van der Waals surface area contributed by atoms with Crippen LogP contribution in [-0.4, -0.2) is 11.5 Å². The lowest BCUT2D eigenvalue weighted by molar-refractivity contribution is 0.629. The number of aromatic nitrogens is 1. The van der Waals surface area contributed by atoms with Crippen LogP contribution in [0.5, 0.6) is 0 Å². The number of para-hydroxylation sites is 1. The molecule has 92 valence electrons. The lowest BCUT2D eigenvalue weighted by atomic mass is 10.1. The zero-order valence-electron chi connectivity index (χ0n) is 13.5. The number of anilines is 2. The molecule has 1 aromatic heterocycles. The summed E-state index contributed by atoms with van der Waals surface area (Å²) in [4.78, 5) is 4.13. The highest BCUT2D eigenvalue weighted by atomic mass is 19.1. The van der Waals surface area contributed by atoms with Crippen LogP contribution >= 0.6 is 0 Å². The van der Waals surface area contributed by atoms with Gasteiger partial charge in [0.15, 0.2) is 0 Å². The van der Waals surface area contributed by atoms with Crippen molar-refractivity contribution in [2.75, 3.05) is 11.8 Å². The van der Waals surface area contributed by atoms with E-state index in [4.69, 9.17) is 5.48 Å². The second-order valence-electron chi connectivity index (χ2n) is 3.93. The fourth-order valence-corrected chi connectivity index (χ4v) is 1.77. The topological polar surface area (TPSA) is 37.0 Å². The smallest absolute Gasteiger partial charge is 0.146 e. The van der Waals surface area contributed by atoms with Crippen molar-refractivity contribution in [3.05, 3.63) is 53.6 Å². The third-order valence-electron chi connectivity index (χ3n) is 2.66. The highest BCUT2D eigenvalue weighted by molar-refractivity contribution is 5.60. The summed E-state index contributed by atoms with van der Waals surface area (Å²) >= 11 is 0. The van der Waals surface area contributed by atoms with Crippen molar-refractivity contribution >= 4 is 11.4 Å². The number of fused-ring (bicyclic) bond motifs is 1. The summed E-state index contributed by atoms with van der Waals surface area (Å²) < 4.78 is 44.9. The monoisotopic (exact) mass is 247 g/mol. The van der Waals surface area contributed by atoms with Crippen LogP contribution in [0.4, 0.5) is 15.8 Å². The van der Waals surface area contributed by atoms with Crippen LogP contribution in [0.2, 0.25) is 0 Å². The number of rotatable bonds is 2. The highest BCUT2D eigenvalue weighted by Gasteiger charge is 2.10. The summed E-state index contributed by atoms with van der Waals surface area (Å²) in [7, 11) is 0. The molecule has 2 N–H and O–H groups in total. The molecular weight excluding hydrogens is 229 g/mol. The van der Waals surface area contributed by atoms with Crippen molar-refractivity contribution < 1.29 is 9.87 Å². The van der Waals surface area contributed by atoms with E-state index < -0.39 is 18.8 Å².